The SMILES string of the molecule is CO[Si](CC1CC2CCC1C2)OC. The Balaban J connectivity index is 1.82. The summed E-state index contributed by atoms with van der Waals surface area (Å²) in [6.07, 6.45) is 5.90. The van der Waals surface area contributed by atoms with Crippen LogP contribution < -0.4 is 0 Å². The lowest BCUT2D eigenvalue weighted by molar-refractivity contribution is 0.254. The molecule has 0 aromatic heterocycles. The fourth-order valence-electron chi connectivity index (χ4n) is 3.09. The second kappa shape index (κ2) is 4.11. The van der Waals surface area contributed by atoms with Crippen LogP contribution in [0.1, 0.15) is 25.7 Å². The number of rotatable bonds is 4. The van der Waals surface area contributed by atoms with Crippen LogP contribution in [0.15, 0.2) is 0 Å². The van der Waals surface area contributed by atoms with Crippen LogP contribution >= 0.6 is 0 Å². The molecular formula is C10H19O2Si. The first-order valence-corrected chi connectivity index (χ1v) is 6.79. The molecule has 2 saturated carbocycles. The molecule has 2 nitrogen and oxygen atoms in total. The molecule has 3 atom stereocenters. The molecule has 0 aromatic carbocycles. The highest BCUT2D eigenvalue weighted by Gasteiger charge is 2.40. The van der Waals surface area contributed by atoms with Gasteiger partial charge in [0.2, 0.25) is 0 Å². The third kappa shape index (κ3) is 1.97. The summed E-state index contributed by atoms with van der Waals surface area (Å²) in [7, 11) is 2.64. The van der Waals surface area contributed by atoms with Crippen LogP contribution in [-0.2, 0) is 8.85 Å². The minimum atomic E-state index is -0.928. The molecule has 1 radical (unpaired) electrons. The van der Waals surface area contributed by atoms with Gasteiger partial charge in [-0.25, -0.2) is 0 Å². The molecule has 0 aliphatic heterocycles. The topological polar surface area (TPSA) is 18.5 Å². The minimum absolute atomic E-state index is 0.924. The minimum Gasteiger partial charge on any atom is -0.397 e. The van der Waals surface area contributed by atoms with Gasteiger partial charge in [-0.15, -0.1) is 0 Å². The largest absolute Gasteiger partial charge is 0.397 e. The monoisotopic (exact) mass is 199 g/mol. The Morgan fingerprint density at radius 3 is 2.38 bits per heavy atom. The number of fused-ring (bicyclic) bond motifs is 2. The van der Waals surface area contributed by atoms with Crippen molar-refractivity contribution in [2.45, 2.75) is 31.7 Å². The molecule has 2 fully saturated rings. The van der Waals surface area contributed by atoms with Crippen molar-refractivity contribution in [3.05, 3.63) is 0 Å². The molecule has 0 saturated heterocycles. The predicted molar refractivity (Wildman–Crippen MR) is 53.5 cm³/mol. The first kappa shape index (κ1) is 9.68. The molecule has 2 bridgehead atoms. The lowest BCUT2D eigenvalue weighted by Gasteiger charge is -2.23. The van der Waals surface area contributed by atoms with Crippen molar-refractivity contribution >= 4 is 9.28 Å². The summed E-state index contributed by atoms with van der Waals surface area (Å²) in [5, 5.41) is 0. The van der Waals surface area contributed by atoms with Crippen molar-refractivity contribution in [3.63, 3.8) is 0 Å². The highest BCUT2D eigenvalue weighted by atomic mass is 28.3. The summed E-state index contributed by atoms with van der Waals surface area (Å²) < 4.78 is 10.7. The van der Waals surface area contributed by atoms with Gasteiger partial charge in [0.15, 0.2) is 0 Å². The van der Waals surface area contributed by atoms with Gasteiger partial charge in [0, 0.05) is 14.2 Å². The van der Waals surface area contributed by atoms with Crippen LogP contribution in [0, 0.1) is 17.8 Å². The third-order valence-electron chi connectivity index (χ3n) is 3.77. The Hall–Kier alpha value is 0.137. The average molecular weight is 199 g/mol. The third-order valence-corrected chi connectivity index (χ3v) is 5.54. The van der Waals surface area contributed by atoms with Gasteiger partial charge in [0.05, 0.1) is 0 Å². The van der Waals surface area contributed by atoms with Gasteiger partial charge in [0.25, 0.3) is 0 Å². The van der Waals surface area contributed by atoms with E-state index in [1.54, 1.807) is 14.2 Å². The fourth-order valence-corrected chi connectivity index (χ4v) is 4.52. The second-order valence-corrected chi connectivity index (χ2v) is 6.39. The highest BCUT2D eigenvalue weighted by Crippen LogP contribution is 2.50. The summed E-state index contributed by atoms with van der Waals surface area (Å²) >= 11 is 0. The van der Waals surface area contributed by atoms with E-state index in [9.17, 15) is 0 Å². The van der Waals surface area contributed by atoms with Gasteiger partial charge in [-0.05, 0) is 43.1 Å². The second-order valence-electron chi connectivity index (χ2n) is 4.42. The average Bonchev–Trinajstić information content (AvgIpc) is 2.75. The Bertz CT molecular complexity index is 170. The van der Waals surface area contributed by atoms with E-state index >= 15 is 0 Å². The van der Waals surface area contributed by atoms with Crippen LogP contribution in [0.5, 0.6) is 0 Å². The lowest BCUT2D eigenvalue weighted by atomic mass is 9.90. The van der Waals surface area contributed by atoms with E-state index in [2.05, 4.69) is 0 Å². The van der Waals surface area contributed by atoms with Crippen molar-refractivity contribution in [3.8, 4) is 0 Å². The maximum atomic E-state index is 5.35. The normalized spacial score (nSPS) is 37.6. The summed E-state index contributed by atoms with van der Waals surface area (Å²) in [6, 6.07) is 1.21. The molecule has 2 aliphatic carbocycles. The summed E-state index contributed by atoms with van der Waals surface area (Å²) in [4.78, 5) is 0. The Labute approximate surface area is 82.5 Å². The van der Waals surface area contributed by atoms with E-state index in [1.165, 1.54) is 31.7 Å². The van der Waals surface area contributed by atoms with Gasteiger partial charge < -0.3 is 8.85 Å². The molecule has 0 N–H and O–H groups in total. The van der Waals surface area contributed by atoms with Crippen molar-refractivity contribution in [2.24, 2.45) is 17.8 Å². The molecule has 75 valence electrons. The van der Waals surface area contributed by atoms with E-state index in [-0.39, 0.29) is 0 Å². The first-order chi connectivity index (χ1) is 6.33. The molecule has 2 rings (SSSR count). The van der Waals surface area contributed by atoms with Gasteiger partial charge in [-0.3, -0.25) is 0 Å². The van der Waals surface area contributed by atoms with Crippen molar-refractivity contribution < 1.29 is 8.85 Å². The molecule has 0 heterocycles. The molecule has 3 unspecified atom stereocenters. The van der Waals surface area contributed by atoms with Crippen LogP contribution in [0.25, 0.3) is 0 Å². The summed E-state index contributed by atoms with van der Waals surface area (Å²) in [5.41, 5.74) is 0. The zero-order valence-electron chi connectivity index (χ0n) is 8.58. The van der Waals surface area contributed by atoms with E-state index in [4.69, 9.17) is 8.85 Å². The molecule has 0 aromatic rings. The maximum Gasteiger partial charge on any atom is 0.384 e. The molecule has 13 heavy (non-hydrogen) atoms. The van der Waals surface area contributed by atoms with Gasteiger partial charge in [-0.1, -0.05) is 6.42 Å². The smallest absolute Gasteiger partial charge is 0.384 e. The van der Waals surface area contributed by atoms with Crippen LogP contribution in [-0.4, -0.2) is 23.5 Å². The van der Waals surface area contributed by atoms with Crippen LogP contribution in [0.2, 0.25) is 6.04 Å². The Morgan fingerprint density at radius 2 is 1.92 bits per heavy atom. The van der Waals surface area contributed by atoms with Gasteiger partial charge >= 0.3 is 9.28 Å². The Morgan fingerprint density at radius 1 is 1.15 bits per heavy atom. The molecule has 0 spiro atoms. The van der Waals surface area contributed by atoms with Gasteiger partial charge in [-0.2, -0.15) is 0 Å². The molecular weight excluding hydrogens is 180 g/mol. The zero-order chi connectivity index (χ0) is 9.26. The molecule has 2 aliphatic rings. The van der Waals surface area contributed by atoms with E-state index in [0.717, 1.165) is 17.8 Å². The van der Waals surface area contributed by atoms with Crippen molar-refractivity contribution in [1.29, 1.82) is 0 Å². The van der Waals surface area contributed by atoms with Crippen molar-refractivity contribution in [1.82, 2.24) is 0 Å². The fraction of sp³-hybridized carbons (Fsp3) is 1.00. The highest BCUT2D eigenvalue weighted by molar-refractivity contribution is 6.44. The Kier molecular flexibility index (Phi) is 3.06. The van der Waals surface area contributed by atoms with Crippen LogP contribution in [0.3, 0.4) is 0 Å². The van der Waals surface area contributed by atoms with Gasteiger partial charge in [0.1, 0.15) is 0 Å². The summed E-state index contributed by atoms with van der Waals surface area (Å²) in [5.74, 6) is 2.98. The molecule has 0 amide bonds. The molecule has 3 heteroatoms. The van der Waals surface area contributed by atoms with Crippen LogP contribution in [0.4, 0.5) is 0 Å². The van der Waals surface area contributed by atoms with Crippen molar-refractivity contribution in [2.75, 3.05) is 14.2 Å². The number of hydrogen-bond acceptors (Lipinski definition) is 2. The zero-order valence-corrected chi connectivity index (χ0v) is 9.58. The van der Waals surface area contributed by atoms with E-state index in [0.29, 0.717) is 0 Å². The standard InChI is InChI=1S/C10H19O2Si/c1-11-13(12-2)7-10-6-8-3-4-9(10)5-8/h8-10H,3-7H2,1-2H3. The predicted octanol–water partition coefficient (Wildman–Crippen LogP) is 2.20. The lowest BCUT2D eigenvalue weighted by Crippen LogP contribution is -2.25. The maximum absolute atomic E-state index is 5.35. The number of hydrogen-bond donors (Lipinski definition) is 0. The quantitative estimate of drug-likeness (QED) is 0.646. The first-order valence-electron chi connectivity index (χ1n) is 5.27. The van der Waals surface area contributed by atoms with E-state index < -0.39 is 9.28 Å². The van der Waals surface area contributed by atoms with E-state index in [1.807, 2.05) is 0 Å². The summed E-state index contributed by atoms with van der Waals surface area (Å²) in [6.45, 7) is 0.